The maximum atomic E-state index is 13.9. The van der Waals surface area contributed by atoms with Crippen LogP contribution in [0.25, 0.3) is 10.9 Å². The van der Waals surface area contributed by atoms with E-state index in [1.54, 1.807) is 12.3 Å². The van der Waals surface area contributed by atoms with E-state index in [1.807, 2.05) is 0 Å². The lowest BCUT2D eigenvalue weighted by atomic mass is 9.75. The van der Waals surface area contributed by atoms with Crippen molar-refractivity contribution >= 4 is 16.8 Å². The second-order valence-electron chi connectivity index (χ2n) is 5.97. The molecule has 0 bridgehead atoms. The van der Waals surface area contributed by atoms with Crippen molar-refractivity contribution in [3.63, 3.8) is 0 Å². The Kier molecular flexibility index (Phi) is 3.83. The van der Waals surface area contributed by atoms with Crippen LogP contribution in [-0.4, -0.2) is 34.1 Å². The van der Waals surface area contributed by atoms with E-state index >= 15 is 0 Å². The van der Waals surface area contributed by atoms with Gasteiger partial charge in [0.15, 0.2) is 0 Å². The van der Waals surface area contributed by atoms with Gasteiger partial charge in [0.1, 0.15) is 11.4 Å². The fourth-order valence-corrected chi connectivity index (χ4v) is 2.82. The van der Waals surface area contributed by atoms with Crippen LogP contribution >= 0.6 is 0 Å². The van der Waals surface area contributed by atoms with Gasteiger partial charge in [0, 0.05) is 23.6 Å². The third-order valence-corrected chi connectivity index (χ3v) is 4.46. The highest BCUT2D eigenvalue weighted by molar-refractivity contribution is 5.85. The van der Waals surface area contributed by atoms with Gasteiger partial charge in [-0.2, -0.15) is 8.78 Å². The number of H-pyrrole nitrogens is 1. The lowest BCUT2D eigenvalue weighted by Gasteiger charge is -2.41. The minimum Gasteiger partial charge on any atom is -0.383 e. The van der Waals surface area contributed by atoms with Gasteiger partial charge in [0.2, 0.25) is 0 Å². The summed E-state index contributed by atoms with van der Waals surface area (Å²) < 4.78 is 40.9. The Morgan fingerprint density at radius 3 is 2.78 bits per heavy atom. The van der Waals surface area contributed by atoms with Crippen molar-refractivity contribution in [2.45, 2.75) is 37.2 Å². The number of aromatic nitrogens is 1. The molecule has 0 unspecified atom stereocenters. The summed E-state index contributed by atoms with van der Waals surface area (Å²) >= 11 is 0. The van der Waals surface area contributed by atoms with Crippen molar-refractivity contribution < 1.29 is 23.1 Å². The Morgan fingerprint density at radius 2 is 2.13 bits per heavy atom. The molecule has 1 heterocycles. The zero-order valence-corrected chi connectivity index (χ0v) is 12.3. The Balaban J connectivity index is 1.61. The molecular formula is C16H17F3N2O2. The minimum atomic E-state index is -3.78. The predicted molar refractivity (Wildman–Crippen MR) is 78.7 cm³/mol. The number of aromatic amines is 1. The fourth-order valence-electron chi connectivity index (χ4n) is 2.82. The molecule has 1 aliphatic rings. The first-order valence-electron chi connectivity index (χ1n) is 7.47. The maximum absolute atomic E-state index is 13.9. The molecule has 1 saturated carbocycles. The van der Waals surface area contributed by atoms with Gasteiger partial charge in [0.05, 0.1) is 0 Å². The summed E-state index contributed by atoms with van der Waals surface area (Å²) in [5.74, 6) is -5.60. The van der Waals surface area contributed by atoms with Crippen molar-refractivity contribution in [1.82, 2.24) is 10.3 Å². The monoisotopic (exact) mass is 326 g/mol. The summed E-state index contributed by atoms with van der Waals surface area (Å²) in [5, 5.41) is 12.7. The average Bonchev–Trinajstić information content (AvgIpc) is 2.86. The average molecular weight is 326 g/mol. The summed E-state index contributed by atoms with van der Waals surface area (Å²) in [7, 11) is 0. The van der Waals surface area contributed by atoms with Crippen molar-refractivity contribution in [2.75, 3.05) is 6.54 Å². The van der Waals surface area contributed by atoms with E-state index in [-0.39, 0.29) is 25.2 Å². The molecule has 7 heteroatoms. The number of fused-ring (bicyclic) bond motifs is 1. The van der Waals surface area contributed by atoms with Crippen LogP contribution in [0.1, 0.15) is 24.8 Å². The Morgan fingerprint density at radius 1 is 1.39 bits per heavy atom. The number of carbonyl (C=O) groups excluding carboxylic acids is 1. The molecule has 4 nitrogen and oxygen atoms in total. The van der Waals surface area contributed by atoms with Crippen LogP contribution in [0.4, 0.5) is 13.2 Å². The molecule has 1 fully saturated rings. The van der Waals surface area contributed by atoms with E-state index in [0.29, 0.717) is 18.4 Å². The number of hydrogen-bond donors (Lipinski definition) is 3. The first-order chi connectivity index (χ1) is 10.8. The largest absolute Gasteiger partial charge is 0.383 e. The molecule has 0 aliphatic heterocycles. The molecular weight excluding hydrogens is 309 g/mol. The van der Waals surface area contributed by atoms with Crippen LogP contribution in [0.2, 0.25) is 0 Å². The number of rotatable bonds is 5. The normalized spacial score (nSPS) is 17.0. The van der Waals surface area contributed by atoms with E-state index < -0.39 is 17.4 Å². The second-order valence-corrected chi connectivity index (χ2v) is 5.97. The standard InChI is InChI=1S/C16H17F3N2O2/c17-11-2-3-12-10(9-21-13(12)8-11)4-7-20-14(22)16(18,19)15(23)5-1-6-15/h2-3,8-9,21,23H,1,4-7H2,(H,20,22). The summed E-state index contributed by atoms with van der Waals surface area (Å²) in [4.78, 5) is 14.6. The highest BCUT2D eigenvalue weighted by atomic mass is 19.3. The van der Waals surface area contributed by atoms with E-state index in [1.165, 1.54) is 12.1 Å². The zero-order chi connectivity index (χ0) is 16.7. The number of halogens is 3. The summed E-state index contributed by atoms with van der Waals surface area (Å²) in [6.07, 6.45) is 2.34. The van der Waals surface area contributed by atoms with Crippen LogP contribution in [0.5, 0.6) is 0 Å². The smallest absolute Gasteiger partial charge is 0.352 e. The van der Waals surface area contributed by atoms with Crippen LogP contribution in [0.15, 0.2) is 24.4 Å². The Labute approximate surface area is 130 Å². The third-order valence-electron chi connectivity index (χ3n) is 4.46. The molecule has 2 aromatic rings. The predicted octanol–water partition coefficient (Wildman–Crippen LogP) is 2.52. The number of nitrogens with one attached hydrogen (secondary N) is 2. The Hall–Kier alpha value is -2.02. The molecule has 3 rings (SSSR count). The van der Waals surface area contributed by atoms with Gasteiger partial charge in [-0.15, -0.1) is 0 Å². The van der Waals surface area contributed by atoms with E-state index in [2.05, 4.69) is 10.3 Å². The highest BCUT2D eigenvalue weighted by Gasteiger charge is 2.60. The third kappa shape index (κ3) is 2.69. The molecule has 1 amide bonds. The molecule has 124 valence electrons. The number of aliphatic hydroxyl groups is 1. The molecule has 0 spiro atoms. The number of alkyl halides is 2. The van der Waals surface area contributed by atoms with E-state index in [0.717, 1.165) is 10.9 Å². The topological polar surface area (TPSA) is 65.1 Å². The first-order valence-corrected chi connectivity index (χ1v) is 7.47. The van der Waals surface area contributed by atoms with Gasteiger partial charge in [-0.1, -0.05) is 0 Å². The van der Waals surface area contributed by atoms with Gasteiger partial charge in [-0.25, -0.2) is 4.39 Å². The van der Waals surface area contributed by atoms with Gasteiger partial charge >= 0.3 is 5.92 Å². The highest BCUT2D eigenvalue weighted by Crippen LogP contribution is 2.44. The molecule has 1 aliphatic carbocycles. The molecule has 0 saturated heterocycles. The number of carbonyl (C=O) groups is 1. The first kappa shape index (κ1) is 15.9. The number of amides is 1. The quantitative estimate of drug-likeness (QED) is 0.790. The summed E-state index contributed by atoms with van der Waals surface area (Å²) in [5.41, 5.74) is -0.804. The Bertz CT molecular complexity index is 738. The van der Waals surface area contributed by atoms with Crippen molar-refractivity contribution in [1.29, 1.82) is 0 Å². The molecule has 1 aromatic carbocycles. The lowest BCUT2D eigenvalue weighted by Crippen LogP contribution is -2.60. The lowest BCUT2D eigenvalue weighted by molar-refractivity contribution is -0.215. The zero-order valence-electron chi connectivity index (χ0n) is 12.3. The summed E-state index contributed by atoms with van der Waals surface area (Å²) in [6, 6.07) is 4.26. The van der Waals surface area contributed by atoms with Crippen LogP contribution in [-0.2, 0) is 11.2 Å². The van der Waals surface area contributed by atoms with Gasteiger partial charge in [-0.05, 0) is 49.4 Å². The fraction of sp³-hybridized carbons (Fsp3) is 0.438. The molecule has 1 aromatic heterocycles. The second kappa shape index (κ2) is 5.56. The van der Waals surface area contributed by atoms with E-state index in [9.17, 15) is 23.1 Å². The minimum absolute atomic E-state index is 0.00876. The molecule has 0 radical (unpaired) electrons. The molecule has 0 atom stereocenters. The van der Waals surface area contributed by atoms with Crippen molar-refractivity contribution in [3.05, 3.63) is 35.8 Å². The number of benzene rings is 1. The number of hydrogen-bond acceptors (Lipinski definition) is 2. The molecule has 23 heavy (non-hydrogen) atoms. The van der Waals surface area contributed by atoms with Crippen LogP contribution in [0.3, 0.4) is 0 Å². The maximum Gasteiger partial charge on any atom is 0.352 e. The molecule has 3 N–H and O–H groups in total. The van der Waals surface area contributed by atoms with Gasteiger partial charge < -0.3 is 15.4 Å². The van der Waals surface area contributed by atoms with Gasteiger partial charge in [-0.3, -0.25) is 4.79 Å². The van der Waals surface area contributed by atoms with Crippen LogP contribution in [0, 0.1) is 5.82 Å². The van der Waals surface area contributed by atoms with Gasteiger partial charge in [0.25, 0.3) is 5.91 Å². The van der Waals surface area contributed by atoms with E-state index in [4.69, 9.17) is 0 Å². The summed E-state index contributed by atoms with van der Waals surface area (Å²) in [6.45, 7) is 0.00876. The van der Waals surface area contributed by atoms with Crippen molar-refractivity contribution in [2.24, 2.45) is 0 Å². The van der Waals surface area contributed by atoms with Crippen LogP contribution < -0.4 is 5.32 Å². The SMILES string of the molecule is O=C(NCCc1c[nH]c2cc(F)ccc12)C(F)(F)C1(O)CCC1. The van der Waals surface area contributed by atoms with Crippen molar-refractivity contribution in [3.8, 4) is 0 Å².